The number of hydrogen-bond donors (Lipinski definition) is 1. The molecular weight excluding hydrogens is 334 g/mol. The highest BCUT2D eigenvalue weighted by Gasteiger charge is 2.32. The highest BCUT2D eigenvalue weighted by molar-refractivity contribution is 5.96. The van der Waals surface area contributed by atoms with Gasteiger partial charge in [0.25, 0.3) is 5.91 Å². The Morgan fingerprint density at radius 2 is 2.00 bits per heavy atom. The van der Waals surface area contributed by atoms with Crippen molar-refractivity contribution in [3.8, 4) is 11.5 Å². The van der Waals surface area contributed by atoms with Gasteiger partial charge in [0.1, 0.15) is 19.0 Å². The number of carbonyl (C=O) groups is 1. The van der Waals surface area contributed by atoms with Gasteiger partial charge in [0.05, 0.1) is 6.54 Å². The quantitative estimate of drug-likeness (QED) is 0.724. The molecule has 134 valence electrons. The van der Waals surface area contributed by atoms with Gasteiger partial charge in [0.2, 0.25) is 5.43 Å². The molecule has 2 bridgehead atoms. The van der Waals surface area contributed by atoms with Crippen molar-refractivity contribution < 1.29 is 14.6 Å². The van der Waals surface area contributed by atoms with E-state index in [0.717, 1.165) is 16.9 Å². The molecule has 2 aromatic rings. The van der Waals surface area contributed by atoms with Gasteiger partial charge in [0, 0.05) is 24.4 Å². The van der Waals surface area contributed by atoms with Crippen LogP contribution in [0, 0.1) is 6.92 Å². The number of fused-ring (bicyclic) bond motifs is 5. The third-order valence-electron chi connectivity index (χ3n) is 4.65. The van der Waals surface area contributed by atoms with Crippen LogP contribution in [0.2, 0.25) is 0 Å². The molecule has 1 N–H and O–H groups in total. The van der Waals surface area contributed by atoms with E-state index in [2.05, 4.69) is 0 Å². The van der Waals surface area contributed by atoms with E-state index < -0.39 is 11.2 Å². The Bertz CT molecular complexity index is 964. The summed E-state index contributed by atoms with van der Waals surface area (Å²) in [5.41, 5.74) is 1.43. The van der Waals surface area contributed by atoms with Gasteiger partial charge < -0.3 is 14.7 Å². The number of ether oxygens (including phenoxy) is 1. The van der Waals surface area contributed by atoms with Crippen LogP contribution in [0.25, 0.3) is 0 Å². The van der Waals surface area contributed by atoms with Crippen LogP contribution in [0.1, 0.15) is 21.6 Å². The molecule has 0 fully saturated rings. The maximum atomic E-state index is 12.8. The van der Waals surface area contributed by atoms with Gasteiger partial charge in [0.15, 0.2) is 11.4 Å². The highest BCUT2D eigenvalue weighted by atomic mass is 16.5. The third kappa shape index (κ3) is 2.61. The number of aromatic nitrogens is 1. The SMILES string of the molecule is Cc1cccc2c1OC/C=C\CN1CN(C2)n2ccc(=O)c(O)c2C1=O. The molecule has 2 aliphatic heterocycles. The van der Waals surface area contributed by atoms with Gasteiger partial charge in [-0.3, -0.25) is 19.3 Å². The second-order valence-electron chi connectivity index (χ2n) is 6.40. The monoisotopic (exact) mass is 353 g/mol. The fraction of sp³-hybridized carbons (Fsp3) is 0.263. The van der Waals surface area contributed by atoms with Crippen molar-refractivity contribution in [2.24, 2.45) is 0 Å². The minimum absolute atomic E-state index is 0.00785. The molecule has 7 heteroatoms. The number of carbonyl (C=O) groups excluding carboxylic acids is 1. The predicted molar refractivity (Wildman–Crippen MR) is 96.0 cm³/mol. The summed E-state index contributed by atoms with van der Waals surface area (Å²) in [5, 5.41) is 12.1. The predicted octanol–water partition coefficient (Wildman–Crippen LogP) is 1.36. The van der Waals surface area contributed by atoms with Gasteiger partial charge in [-0.05, 0) is 18.6 Å². The minimum Gasteiger partial charge on any atom is -0.502 e. The van der Waals surface area contributed by atoms with Crippen LogP contribution in [0.3, 0.4) is 0 Å². The molecule has 0 radical (unpaired) electrons. The van der Waals surface area contributed by atoms with Crippen LogP contribution in [0.4, 0.5) is 0 Å². The maximum Gasteiger partial charge on any atom is 0.278 e. The van der Waals surface area contributed by atoms with E-state index >= 15 is 0 Å². The first-order valence-electron chi connectivity index (χ1n) is 8.41. The fourth-order valence-corrected chi connectivity index (χ4v) is 3.34. The smallest absolute Gasteiger partial charge is 0.278 e. The summed E-state index contributed by atoms with van der Waals surface area (Å²) in [6.07, 6.45) is 5.25. The molecule has 0 unspecified atom stereocenters. The molecule has 1 aromatic heterocycles. The van der Waals surface area contributed by atoms with E-state index in [1.807, 2.05) is 42.3 Å². The number of para-hydroxylation sites is 1. The van der Waals surface area contributed by atoms with Crippen LogP contribution in [0.5, 0.6) is 11.5 Å². The lowest BCUT2D eigenvalue weighted by Crippen LogP contribution is -2.53. The summed E-state index contributed by atoms with van der Waals surface area (Å²) in [7, 11) is 0. The second-order valence-corrected chi connectivity index (χ2v) is 6.40. The van der Waals surface area contributed by atoms with Crippen molar-refractivity contribution in [1.82, 2.24) is 9.58 Å². The number of hydrogen-bond acceptors (Lipinski definition) is 5. The summed E-state index contributed by atoms with van der Waals surface area (Å²) < 4.78 is 7.49. The molecule has 2 aliphatic rings. The molecule has 4 rings (SSSR count). The van der Waals surface area contributed by atoms with Gasteiger partial charge >= 0.3 is 0 Å². The number of amides is 1. The molecule has 0 saturated heterocycles. The normalized spacial score (nSPS) is 17.7. The van der Waals surface area contributed by atoms with Crippen LogP contribution in [0.15, 0.2) is 47.4 Å². The Balaban J connectivity index is 1.87. The van der Waals surface area contributed by atoms with E-state index in [1.54, 1.807) is 9.58 Å². The average Bonchev–Trinajstić information content (AvgIpc) is 2.65. The van der Waals surface area contributed by atoms with Gasteiger partial charge in [-0.2, -0.15) is 0 Å². The summed E-state index contributed by atoms with van der Waals surface area (Å²) >= 11 is 0. The number of aryl methyl sites for hydroxylation is 1. The number of benzene rings is 1. The lowest BCUT2D eigenvalue weighted by Gasteiger charge is -2.39. The van der Waals surface area contributed by atoms with Gasteiger partial charge in [-0.25, -0.2) is 0 Å². The van der Waals surface area contributed by atoms with E-state index in [4.69, 9.17) is 4.74 Å². The maximum absolute atomic E-state index is 12.8. The highest BCUT2D eigenvalue weighted by Crippen LogP contribution is 2.27. The van der Waals surface area contributed by atoms with Crippen molar-refractivity contribution in [3.05, 3.63) is 69.7 Å². The largest absolute Gasteiger partial charge is 0.502 e. The Labute approximate surface area is 150 Å². The van der Waals surface area contributed by atoms with Crippen molar-refractivity contribution in [1.29, 1.82) is 0 Å². The summed E-state index contributed by atoms with van der Waals surface area (Å²) in [6.45, 7) is 3.58. The Kier molecular flexibility index (Phi) is 3.91. The first-order valence-corrected chi connectivity index (χ1v) is 8.41. The first kappa shape index (κ1) is 16.3. The van der Waals surface area contributed by atoms with Gasteiger partial charge in [-0.15, -0.1) is 0 Å². The van der Waals surface area contributed by atoms with Crippen LogP contribution in [-0.4, -0.2) is 40.4 Å². The molecule has 1 amide bonds. The zero-order valence-electron chi connectivity index (χ0n) is 14.4. The van der Waals surface area contributed by atoms with Gasteiger partial charge in [-0.1, -0.05) is 24.3 Å². The standard InChI is InChI=1S/C19H19N3O4/c1-13-5-4-6-14-11-21-12-20(8-2-3-10-26-18(13)14)19(25)16-17(24)15(23)7-9-22(16)21/h2-7,9,24H,8,10-12H2,1H3/b3-2-. The fourth-order valence-electron chi connectivity index (χ4n) is 3.34. The molecule has 26 heavy (non-hydrogen) atoms. The molecule has 0 aliphatic carbocycles. The number of pyridine rings is 1. The number of rotatable bonds is 0. The van der Waals surface area contributed by atoms with Crippen LogP contribution >= 0.6 is 0 Å². The van der Waals surface area contributed by atoms with E-state index in [0.29, 0.717) is 26.4 Å². The van der Waals surface area contributed by atoms with E-state index in [9.17, 15) is 14.7 Å². The summed E-state index contributed by atoms with van der Waals surface area (Å²) in [5.74, 6) is -0.0770. The lowest BCUT2D eigenvalue weighted by molar-refractivity contribution is 0.0706. The zero-order valence-corrected chi connectivity index (χ0v) is 14.4. The molecule has 1 aromatic carbocycles. The lowest BCUT2D eigenvalue weighted by atomic mass is 10.1. The first-order chi connectivity index (χ1) is 12.6. The van der Waals surface area contributed by atoms with E-state index in [1.165, 1.54) is 12.3 Å². The van der Waals surface area contributed by atoms with Crippen molar-refractivity contribution >= 4 is 5.91 Å². The summed E-state index contributed by atoms with van der Waals surface area (Å²) in [4.78, 5) is 26.2. The number of aromatic hydroxyl groups is 1. The van der Waals surface area contributed by atoms with Crippen LogP contribution < -0.4 is 15.2 Å². The molecule has 0 spiro atoms. The topological polar surface area (TPSA) is 75.0 Å². The Morgan fingerprint density at radius 1 is 1.15 bits per heavy atom. The second kappa shape index (κ2) is 6.25. The Morgan fingerprint density at radius 3 is 2.85 bits per heavy atom. The van der Waals surface area contributed by atoms with E-state index in [-0.39, 0.29) is 11.6 Å². The molecule has 0 saturated carbocycles. The van der Waals surface area contributed by atoms with Crippen molar-refractivity contribution in [3.63, 3.8) is 0 Å². The third-order valence-corrected chi connectivity index (χ3v) is 4.65. The van der Waals surface area contributed by atoms with Crippen LogP contribution in [-0.2, 0) is 6.54 Å². The molecule has 3 heterocycles. The summed E-state index contributed by atoms with van der Waals surface area (Å²) in [6, 6.07) is 7.20. The zero-order chi connectivity index (χ0) is 18.3. The number of nitrogens with zero attached hydrogens (tertiary/aromatic N) is 3. The minimum atomic E-state index is -0.564. The molecule has 0 atom stereocenters. The molecule has 7 nitrogen and oxygen atoms in total. The Hall–Kier alpha value is -3.22. The molecular formula is C19H19N3O4. The average molecular weight is 353 g/mol. The van der Waals surface area contributed by atoms with Crippen molar-refractivity contribution in [2.45, 2.75) is 13.5 Å². The van der Waals surface area contributed by atoms with Crippen molar-refractivity contribution in [2.75, 3.05) is 24.8 Å².